The van der Waals surface area contributed by atoms with E-state index in [4.69, 9.17) is 4.74 Å². The summed E-state index contributed by atoms with van der Waals surface area (Å²) < 4.78 is 5.03. The van der Waals surface area contributed by atoms with E-state index in [1.807, 2.05) is 6.07 Å². The molecule has 1 atom stereocenters. The van der Waals surface area contributed by atoms with E-state index in [-0.39, 0.29) is 0 Å². The van der Waals surface area contributed by atoms with E-state index in [2.05, 4.69) is 9.97 Å². The summed E-state index contributed by atoms with van der Waals surface area (Å²) in [4.78, 5) is 21.1. The Hall–Kier alpha value is -1.95. The fourth-order valence-electron chi connectivity index (χ4n) is 2.41. The quantitative estimate of drug-likeness (QED) is 0.941. The second-order valence-electron chi connectivity index (χ2n) is 4.70. The van der Waals surface area contributed by atoms with Crippen LogP contribution >= 0.6 is 11.3 Å². The summed E-state index contributed by atoms with van der Waals surface area (Å²) >= 11 is 1.57. The van der Waals surface area contributed by atoms with Crippen LogP contribution in [-0.2, 0) is 11.2 Å². The largest absolute Gasteiger partial charge is 0.481 e. The molecule has 1 aliphatic rings. The molecule has 0 aromatic carbocycles. The van der Waals surface area contributed by atoms with Gasteiger partial charge in [0.1, 0.15) is 5.01 Å². The summed E-state index contributed by atoms with van der Waals surface area (Å²) in [5.41, 5.74) is 1.63. The highest BCUT2D eigenvalue weighted by molar-refractivity contribution is 7.15. The van der Waals surface area contributed by atoms with Gasteiger partial charge in [-0.05, 0) is 25.3 Å². The number of carboxylic acid groups (broad SMARTS) is 1. The van der Waals surface area contributed by atoms with Gasteiger partial charge in [0.2, 0.25) is 5.88 Å². The van der Waals surface area contributed by atoms with Crippen molar-refractivity contribution >= 4 is 17.3 Å². The van der Waals surface area contributed by atoms with E-state index in [1.54, 1.807) is 30.7 Å². The van der Waals surface area contributed by atoms with Crippen molar-refractivity contribution in [2.75, 3.05) is 7.11 Å². The Morgan fingerprint density at radius 2 is 2.35 bits per heavy atom. The van der Waals surface area contributed by atoms with Crippen molar-refractivity contribution in [1.29, 1.82) is 0 Å². The molecular weight excluding hydrogens is 276 g/mol. The summed E-state index contributed by atoms with van der Waals surface area (Å²) in [5.74, 6) is -0.691. The average Bonchev–Trinajstić information content (AvgIpc) is 2.90. The van der Waals surface area contributed by atoms with Gasteiger partial charge in [-0.2, -0.15) is 0 Å². The standard InChI is InChI=1S/C14H14N2O3S/c1-19-11-6-5-8(7-15-11)13-16-12-9(14(17)18)3-2-4-10(12)20-13/h5-7,9H,2-4H2,1H3,(H,17,18). The predicted octanol–water partition coefficient (Wildman–Crippen LogP) is 2.72. The Morgan fingerprint density at radius 1 is 1.50 bits per heavy atom. The molecule has 0 amide bonds. The Kier molecular flexibility index (Phi) is 3.40. The number of hydrogen-bond donors (Lipinski definition) is 1. The lowest BCUT2D eigenvalue weighted by Crippen LogP contribution is -2.17. The first-order valence-electron chi connectivity index (χ1n) is 6.42. The minimum Gasteiger partial charge on any atom is -0.481 e. The van der Waals surface area contributed by atoms with Crippen molar-refractivity contribution < 1.29 is 14.6 Å². The summed E-state index contributed by atoms with van der Waals surface area (Å²) in [6.45, 7) is 0. The Morgan fingerprint density at radius 3 is 3.00 bits per heavy atom. The molecule has 104 valence electrons. The van der Waals surface area contributed by atoms with Gasteiger partial charge in [0, 0.05) is 22.7 Å². The number of carbonyl (C=O) groups is 1. The highest BCUT2D eigenvalue weighted by Crippen LogP contribution is 2.38. The molecule has 20 heavy (non-hydrogen) atoms. The lowest BCUT2D eigenvalue weighted by atomic mass is 9.91. The molecule has 0 aliphatic heterocycles. The van der Waals surface area contributed by atoms with Crippen molar-refractivity contribution in [2.45, 2.75) is 25.2 Å². The lowest BCUT2D eigenvalue weighted by Gasteiger charge is -2.16. The number of rotatable bonds is 3. The summed E-state index contributed by atoms with van der Waals surface area (Å²) in [5, 5.41) is 10.1. The zero-order valence-electron chi connectivity index (χ0n) is 11.0. The molecule has 0 saturated heterocycles. The molecule has 1 unspecified atom stereocenters. The summed E-state index contributed by atoms with van der Waals surface area (Å²) in [6.07, 6.45) is 4.21. The number of pyridine rings is 1. The SMILES string of the molecule is COc1ccc(-c2nc3c(s2)CCCC3C(=O)O)cn1. The Balaban J connectivity index is 1.97. The number of ether oxygens (including phenoxy) is 1. The molecule has 0 radical (unpaired) electrons. The zero-order chi connectivity index (χ0) is 14.1. The van der Waals surface area contributed by atoms with Gasteiger partial charge in [-0.1, -0.05) is 0 Å². The van der Waals surface area contributed by atoms with Crippen LogP contribution in [0.3, 0.4) is 0 Å². The van der Waals surface area contributed by atoms with Crippen molar-refractivity contribution in [3.8, 4) is 16.5 Å². The maximum atomic E-state index is 11.3. The van der Waals surface area contributed by atoms with Crippen LogP contribution in [0.15, 0.2) is 18.3 Å². The van der Waals surface area contributed by atoms with Gasteiger partial charge in [-0.25, -0.2) is 9.97 Å². The lowest BCUT2D eigenvalue weighted by molar-refractivity contribution is -0.139. The van der Waals surface area contributed by atoms with Crippen LogP contribution < -0.4 is 4.74 Å². The van der Waals surface area contributed by atoms with Crippen molar-refractivity contribution in [3.63, 3.8) is 0 Å². The van der Waals surface area contributed by atoms with Crippen LogP contribution in [0, 0.1) is 0 Å². The van der Waals surface area contributed by atoms with Gasteiger partial charge in [0.25, 0.3) is 0 Å². The van der Waals surface area contributed by atoms with Gasteiger partial charge >= 0.3 is 5.97 Å². The van der Waals surface area contributed by atoms with Crippen molar-refractivity contribution in [3.05, 3.63) is 28.9 Å². The summed E-state index contributed by atoms with van der Waals surface area (Å²) in [7, 11) is 1.57. The molecular formula is C14H14N2O3S. The minimum atomic E-state index is -0.782. The van der Waals surface area contributed by atoms with E-state index in [9.17, 15) is 9.90 Å². The third-order valence-electron chi connectivity index (χ3n) is 3.44. The van der Waals surface area contributed by atoms with E-state index >= 15 is 0 Å². The normalized spacial score (nSPS) is 17.6. The molecule has 0 saturated carbocycles. The molecule has 1 aliphatic carbocycles. The zero-order valence-corrected chi connectivity index (χ0v) is 11.8. The first-order chi connectivity index (χ1) is 9.69. The fourth-order valence-corrected chi connectivity index (χ4v) is 3.56. The van der Waals surface area contributed by atoms with Crippen LogP contribution in [0.5, 0.6) is 5.88 Å². The Bertz CT molecular complexity index is 636. The number of carboxylic acids is 1. The number of thiazole rings is 1. The summed E-state index contributed by atoms with van der Waals surface area (Å²) in [6, 6.07) is 3.68. The van der Waals surface area contributed by atoms with Crippen molar-refractivity contribution in [2.24, 2.45) is 0 Å². The first kappa shape index (κ1) is 13.1. The van der Waals surface area contributed by atoms with Crippen LogP contribution in [0.25, 0.3) is 10.6 Å². The van der Waals surface area contributed by atoms with Crippen LogP contribution in [0.2, 0.25) is 0 Å². The van der Waals surface area contributed by atoms with E-state index in [0.29, 0.717) is 12.3 Å². The molecule has 3 rings (SSSR count). The molecule has 2 aromatic rings. The fraction of sp³-hybridized carbons (Fsp3) is 0.357. The van der Waals surface area contributed by atoms with E-state index in [1.165, 1.54) is 0 Å². The van der Waals surface area contributed by atoms with Crippen molar-refractivity contribution in [1.82, 2.24) is 9.97 Å². The molecule has 2 heterocycles. The highest BCUT2D eigenvalue weighted by atomic mass is 32.1. The molecule has 0 bridgehead atoms. The van der Waals surface area contributed by atoms with Gasteiger partial charge < -0.3 is 9.84 Å². The smallest absolute Gasteiger partial charge is 0.312 e. The number of aliphatic carboxylic acids is 1. The predicted molar refractivity (Wildman–Crippen MR) is 75.2 cm³/mol. The first-order valence-corrected chi connectivity index (χ1v) is 7.23. The topological polar surface area (TPSA) is 72.3 Å². The highest BCUT2D eigenvalue weighted by Gasteiger charge is 2.30. The number of aryl methyl sites for hydroxylation is 1. The molecule has 1 N–H and O–H groups in total. The average molecular weight is 290 g/mol. The van der Waals surface area contributed by atoms with Crippen LogP contribution in [-0.4, -0.2) is 28.2 Å². The third kappa shape index (κ3) is 2.27. The number of fused-ring (bicyclic) bond motifs is 1. The number of hydrogen-bond acceptors (Lipinski definition) is 5. The molecule has 5 nitrogen and oxygen atoms in total. The molecule has 2 aromatic heterocycles. The maximum Gasteiger partial charge on any atom is 0.312 e. The van der Waals surface area contributed by atoms with Gasteiger partial charge in [0.15, 0.2) is 0 Å². The van der Waals surface area contributed by atoms with Gasteiger partial charge in [-0.15, -0.1) is 11.3 Å². The number of aromatic nitrogens is 2. The van der Waals surface area contributed by atoms with Gasteiger partial charge in [-0.3, -0.25) is 4.79 Å². The van der Waals surface area contributed by atoms with Crippen LogP contribution in [0.1, 0.15) is 29.3 Å². The van der Waals surface area contributed by atoms with E-state index < -0.39 is 11.9 Å². The number of methoxy groups -OCH3 is 1. The molecule has 6 heteroatoms. The van der Waals surface area contributed by atoms with Gasteiger partial charge in [0.05, 0.1) is 18.7 Å². The number of nitrogens with zero attached hydrogens (tertiary/aromatic N) is 2. The minimum absolute atomic E-state index is 0.463. The maximum absolute atomic E-state index is 11.3. The third-order valence-corrected chi connectivity index (χ3v) is 4.62. The second-order valence-corrected chi connectivity index (χ2v) is 5.78. The monoisotopic (exact) mass is 290 g/mol. The Labute approximate surface area is 120 Å². The van der Waals surface area contributed by atoms with Crippen LogP contribution in [0.4, 0.5) is 0 Å². The molecule has 0 spiro atoms. The van der Waals surface area contributed by atoms with E-state index in [0.717, 1.165) is 34.0 Å². The second kappa shape index (κ2) is 5.20. The molecule has 0 fully saturated rings.